The maximum atomic E-state index is 3.77. The van der Waals surface area contributed by atoms with Gasteiger partial charge in [-0.15, -0.1) is 0 Å². The summed E-state index contributed by atoms with van der Waals surface area (Å²) in [5.41, 5.74) is 1.44. The Balaban J connectivity index is -0.000000425. The van der Waals surface area contributed by atoms with E-state index in [0.29, 0.717) is 0 Å². The van der Waals surface area contributed by atoms with Crippen LogP contribution in [0, 0.1) is 5.92 Å². The van der Waals surface area contributed by atoms with Crippen LogP contribution in [0.5, 0.6) is 0 Å². The van der Waals surface area contributed by atoms with Gasteiger partial charge in [-0.05, 0) is 51.4 Å². The molecule has 0 aromatic heterocycles. The highest BCUT2D eigenvalue weighted by atomic mass is 15.1. The minimum absolute atomic E-state index is 0.736. The van der Waals surface area contributed by atoms with Crippen LogP contribution in [0.15, 0.2) is 36.5 Å². The first-order valence-corrected chi connectivity index (χ1v) is 8.41. The molecule has 0 amide bonds. The third-order valence-electron chi connectivity index (χ3n) is 2.86. The Kier molecular flexibility index (Phi) is 24.8. The smallest absolute Gasteiger partial charge is 0.00159 e. The highest BCUT2D eigenvalue weighted by Crippen LogP contribution is 2.24. The van der Waals surface area contributed by atoms with E-state index in [-0.39, 0.29) is 0 Å². The van der Waals surface area contributed by atoms with Crippen molar-refractivity contribution in [2.75, 3.05) is 20.1 Å². The molecule has 1 fully saturated rings. The number of hydrogen-bond acceptors (Lipinski definition) is 1. The predicted octanol–water partition coefficient (Wildman–Crippen LogP) is 6.10. The van der Waals surface area contributed by atoms with Crippen LogP contribution >= 0.6 is 0 Å². The topological polar surface area (TPSA) is 3.24 Å². The Bertz CT molecular complexity index is 230. The van der Waals surface area contributed by atoms with Crippen molar-refractivity contribution in [1.82, 2.24) is 4.90 Å². The number of rotatable bonds is 3. The zero-order valence-electron chi connectivity index (χ0n) is 15.4. The summed E-state index contributed by atoms with van der Waals surface area (Å²) < 4.78 is 0. The molecule has 1 aliphatic heterocycles. The van der Waals surface area contributed by atoms with Crippen LogP contribution < -0.4 is 0 Å². The molecule has 0 atom stereocenters. The van der Waals surface area contributed by atoms with Crippen molar-refractivity contribution in [2.45, 2.75) is 61.3 Å². The molecule has 0 unspecified atom stereocenters. The Morgan fingerprint density at radius 1 is 1.00 bits per heavy atom. The average Bonchev–Trinajstić information content (AvgIpc) is 2.54. The van der Waals surface area contributed by atoms with Crippen LogP contribution in [0.3, 0.4) is 0 Å². The zero-order valence-corrected chi connectivity index (χ0v) is 15.4. The van der Waals surface area contributed by atoms with Crippen LogP contribution in [-0.2, 0) is 0 Å². The molecule has 1 aliphatic rings. The van der Waals surface area contributed by atoms with Gasteiger partial charge in [-0.3, -0.25) is 0 Å². The lowest BCUT2D eigenvalue weighted by Gasteiger charge is -2.29. The van der Waals surface area contributed by atoms with Gasteiger partial charge >= 0.3 is 0 Å². The minimum atomic E-state index is 0.736. The Hall–Kier alpha value is -0.820. The van der Waals surface area contributed by atoms with E-state index >= 15 is 0 Å². The van der Waals surface area contributed by atoms with Gasteiger partial charge in [-0.2, -0.15) is 0 Å². The highest BCUT2D eigenvalue weighted by molar-refractivity contribution is 5.25. The first-order valence-electron chi connectivity index (χ1n) is 8.41. The summed E-state index contributed by atoms with van der Waals surface area (Å²) in [6, 6.07) is 0. The first-order chi connectivity index (χ1) is 9.77. The maximum absolute atomic E-state index is 3.77. The normalized spacial score (nSPS) is 16.1. The molecule has 0 radical (unpaired) electrons. The van der Waals surface area contributed by atoms with E-state index in [2.05, 4.69) is 43.7 Å². The second kappa shape index (κ2) is 20.5. The van der Waals surface area contributed by atoms with Crippen LogP contribution in [-0.4, -0.2) is 25.0 Å². The standard InChI is InChI=1S/C13H21N.3C2H6/c1-4-6-12(7-5-2)13-8-10-14(3)11-9-13;3*1-2/h4-7,13H,1,8-11H2,2-3H3;3*1-2H3/b7-5-,12-6+;;;. The molecule has 0 aromatic carbocycles. The van der Waals surface area contributed by atoms with Crippen molar-refractivity contribution >= 4 is 0 Å². The van der Waals surface area contributed by atoms with Crippen LogP contribution in [0.1, 0.15) is 61.3 Å². The highest BCUT2D eigenvalue weighted by Gasteiger charge is 2.18. The second-order valence-corrected chi connectivity index (χ2v) is 3.98. The summed E-state index contributed by atoms with van der Waals surface area (Å²) in [5, 5.41) is 0. The maximum Gasteiger partial charge on any atom is -0.00159 e. The SMILES string of the molecule is C=C/C=C(\C=C/C)C1CCN(C)CC1.CC.CC.CC. The Labute approximate surface area is 129 Å². The summed E-state index contributed by atoms with van der Waals surface area (Å²) in [4.78, 5) is 2.40. The Morgan fingerprint density at radius 2 is 1.45 bits per heavy atom. The van der Waals surface area contributed by atoms with E-state index in [4.69, 9.17) is 0 Å². The fourth-order valence-corrected chi connectivity index (χ4v) is 2.00. The monoisotopic (exact) mass is 281 g/mol. The lowest BCUT2D eigenvalue weighted by atomic mass is 9.88. The molecule has 0 aliphatic carbocycles. The first kappa shape index (κ1) is 24.2. The van der Waals surface area contributed by atoms with E-state index in [1.54, 1.807) is 0 Å². The third kappa shape index (κ3) is 12.2. The summed E-state index contributed by atoms with van der Waals surface area (Å²) in [5.74, 6) is 0.736. The van der Waals surface area contributed by atoms with Gasteiger partial charge < -0.3 is 4.90 Å². The molecular weight excluding hydrogens is 242 g/mol. The number of hydrogen-bond donors (Lipinski definition) is 0. The molecule has 1 heteroatoms. The average molecular weight is 282 g/mol. The van der Waals surface area contributed by atoms with E-state index in [1.165, 1.54) is 31.5 Å². The second-order valence-electron chi connectivity index (χ2n) is 3.98. The molecule has 120 valence electrons. The summed E-state index contributed by atoms with van der Waals surface area (Å²) in [7, 11) is 2.20. The van der Waals surface area contributed by atoms with Gasteiger partial charge in [-0.1, -0.05) is 72.4 Å². The fraction of sp³-hybridized carbons (Fsp3) is 0.684. The van der Waals surface area contributed by atoms with Gasteiger partial charge in [0.05, 0.1) is 0 Å². The lowest BCUT2D eigenvalue weighted by Crippen LogP contribution is -2.30. The van der Waals surface area contributed by atoms with Crippen LogP contribution in [0.2, 0.25) is 0 Å². The minimum Gasteiger partial charge on any atom is -0.306 e. The molecule has 0 N–H and O–H groups in total. The zero-order chi connectivity index (χ0) is 16.4. The largest absolute Gasteiger partial charge is 0.306 e. The molecule has 20 heavy (non-hydrogen) atoms. The van der Waals surface area contributed by atoms with Crippen molar-refractivity contribution in [1.29, 1.82) is 0 Å². The number of likely N-dealkylation sites (tertiary alicyclic amines) is 1. The Morgan fingerprint density at radius 3 is 1.80 bits per heavy atom. The summed E-state index contributed by atoms with van der Waals surface area (Å²) in [6.45, 7) is 20.3. The van der Waals surface area contributed by atoms with E-state index in [9.17, 15) is 0 Å². The van der Waals surface area contributed by atoms with Crippen molar-refractivity contribution in [3.63, 3.8) is 0 Å². The van der Waals surface area contributed by atoms with Gasteiger partial charge in [0.15, 0.2) is 0 Å². The molecule has 0 bridgehead atoms. The summed E-state index contributed by atoms with van der Waals surface area (Å²) in [6.07, 6.45) is 10.9. The van der Waals surface area contributed by atoms with Gasteiger partial charge in [0.25, 0.3) is 0 Å². The van der Waals surface area contributed by atoms with E-state index in [1.807, 2.05) is 47.6 Å². The van der Waals surface area contributed by atoms with Gasteiger partial charge in [0.2, 0.25) is 0 Å². The molecule has 0 saturated carbocycles. The van der Waals surface area contributed by atoms with Gasteiger partial charge in [0, 0.05) is 0 Å². The number of allylic oxidation sites excluding steroid dienone is 5. The van der Waals surface area contributed by atoms with Crippen molar-refractivity contribution in [3.05, 3.63) is 36.5 Å². The fourth-order valence-electron chi connectivity index (χ4n) is 2.00. The van der Waals surface area contributed by atoms with E-state index < -0.39 is 0 Å². The summed E-state index contributed by atoms with van der Waals surface area (Å²) >= 11 is 0. The van der Waals surface area contributed by atoms with Gasteiger partial charge in [-0.25, -0.2) is 0 Å². The molecule has 1 rings (SSSR count). The quantitative estimate of drug-likeness (QED) is 0.565. The molecular formula is C19H39N. The number of piperidine rings is 1. The number of nitrogens with zero attached hydrogens (tertiary/aromatic N) is 1. The predicted molar refractivity (Wildman–Crippen MR) is 97.4 cm³/mol. The van der Waals surface area contributed by atoms with Crippen molar-refractivity contribution < 1.29 is 0 Å². The van der Waals surface area contributed by atoms with Gasteiger partial charge in [0.1, 0.15) is 0 Å². The van der Waals surface area contributed by atoms with E-state index in [0.717, 1.165) is 5.92 Å². The molecule has 0 aromatic rings. The molecule has 1 nitrogen and oxygen atoms in total. The van der Waals surface area contributed by atoms with Crippen molar-refractivity contribution in [3.8, 4) is 0 Å². The van der Waals surface area contributed by atoms with Crippen LogP contribution in [0.4, 0.5) is 0 Å². The molecule has 0 spiro atoms. The lowest BCUT2D eigenvalue weighted by molar-refractivity contribution is 0.240. The van der Waals surface area contributed by atoms with Crippen LogP contribution in [0.25, 0.3) is 0 Å². The molecule has 1 saturated heterocycles. The third-order valence-corrected chi connectivity index (χ3v) is 2.86. The van der Waals surface area contributed by atoms with Crippen molar-refractivity contribution in [2.24, 2.45) is 5.92 Å². The molecule has 1 heterocycles.